The standard InChI is InChI=1S/C24H21ClN2O5S/c1-26(18-8-3-2-4-9-18)33(30,31)19-11-12-21(25)20(15-19)24(29)32-16-23(28)27-14-13-17-7-5-6-10-22(17)27/h2-12,15H,13-14,16H2,1H3. The maximum Gasteiger partial charge on any atom is 0.340 e. The smallest absolute Gasteiger partial charge is 0.340 e. The van der Waals surface area contributed by atoms with E-state index in [0.29, 0.717) is 12.2 Å². The molecule has 0 radical (unpaired) electrons. The summed E-state index contributed by atoms with van der Waals surface area (Å²) in [6.07, 6.45) is 0.733. The lowest BCUT2D eigenvalue weighted by atomic mass is 10.2. The SMILES string of the molecule is CN(c1ccccc1)S(=O)(=O)c1ccc(Cl)c(C(=O)OCC(=O)N2CCc3ccccc32)c1. The van der Waals surface area contributed by atoms with E-state index in [4.69, 9.17) is 16.3 Å². The van der Waals surface area contributed by atoms with Gasteiger partial charge in [-0.1, -0.05) is 48.0 Å². The van der Waals surface area contributed by atoms with Crippen LogP contribution in [0.25, 0.3) is 0 Å². The summed E-state index contributed by atoms with van der Waals surface area (Å²) < 4.78 is 32.4. The van der Waals surface area contributed by atoms with E-state index >= 15 is 0 Å². The molecule has 1 amide bonds. The highest BCUT2D eigenvalue weighted by molar-refractivity contribution is 7.92. The van der Waals surface area contributed by atoms with Crippen LogP contribution in [0.2, 0.25) is 5.02 Å². The molecule has 1 heterocycles. The zero-order chi connectivity index (χ0) is 23.6. The van der Waals surface area contributed by atoms with Gasteiger partial charge in [-0.3, -0.25) is 9.10 Å². The molecule has 33 heavy (non-hydrogen) atoms. The number of hydrogen-bond donors (Lipinski definition) is 0. The maximum atomic E-state index is 13.0. The minimum absolute atomic E-state index is 0.0280. The fraction of sp³-hybridized carbons (Fsp3) is 0.167. The molecule has 170 valence electrons. The molecular weight excluding hydrogens is 464 g/mol. The number of esters is 1. The molecule has 0 aromatic heterocycles. The van der Waals surface area contributed by atoms with E-state index in [1.165, 1.54) is 19.2 Å². The number of ether oxygens (including phenoxy) is 1. The molecule has 0 fully saturated rings. The second-order valence-corrected chi connectivity index (χ2v) is 9.83. The topological polar surface area (TPSA) is 84.0 Å². The highest BCUT2D eigenvalue weighted by atomic mass is 35.5. The van der Waals surface area contributed by atoms with E-state index in [1.807, 2.05) is 24.3 Å². The summed E-state index contributed by atoms with van der Waals surface area (Å²) in [5, 5.41) is 0.0280. The second kappa shape index (κ2) is 9.25. The second-order valence-electron chi connectivity index (χ2n) is 7.45. The molecule has 0 atom stereocenters. The fourth-order valence-electron chi connectivity index (χ4n) is 3.64. The van der Waals surface area contributed by atoms with Crippen LogP contribution in [-0.2, 0) is 26.0 Å². The number of benzene rings is 3. The Kier molecular flexibility index (Phi) is 6.40. The van der Waals surface area contributed by atoms with Crippen molar-refractivity contribution in [1.82, 2.24) is 0 Å². The van der Waals surface area contributed by atoms with E-state index in [2.05, 4.69) is 0 Å². The molecule has 0 saturated heterocycles. The minimum Gasteiger partial charge on any atom is -0.452 e. The van der Waals surface area contributed by atoms with Gasteiger partial charge in [-0.25, -0.2) is 13.2 Å². The number of carbonyl (C=O) groups excluding carboxylic acids is 2. The fourth-order valence-corrected chi connectivity index (χ4v) is 5.05. The van der Waals surface area contributed by atoms with Crippen LogP contribution in [0.3, 0.4) is 0 Å². The van der Waals surface area contributed by atoms with Crippen LogP contribution < -0.4 is 9.21 Å². The van der Waals surface area contributed by atoms with Crippen LogP contribution in [0.15, 0.2) is 77.7 Å². The van der Waals surface area contributed by atoms with E-state index in [0.717, 1.165) is 28.0 Å². The van der Waals surface area contributed by atoms with Gasteiger partial charge in [-0.05, 0) is 48.4 Å². The number of fused-ring (bicyclic) bond motifs is 1. The predicted octanol–water partition coefficient (Wildman–Crippen LogP) is 3.91. The zero-order valence-corrected chi connectivity index (χ0v) is 19.3. The number of nitrogens with zero attached hydrogens (tertiary/aromatic N) is 2. The zero-order valence-electron chi connectivity index (χ0n) is 17.8. The number of halogens is 1. The Hall–Kier alpha value is -3.36. The summed E-state index contributed by atoms with van der Waals surface area (Å²) in [5.74, 6) is -1.24. The van der Waals surface area contributed by atoms with Gasteiger partial charge in [-0.15, -0.1) is 0 Å². The molecule has 1 aliphatic heterocycles. The van der Waals surface area contributed by atoms with E-state index in [1.54, 1.807) is 35.2 Å². The molecule has 0 N–H and O–H groups in total. The average molecular weight is 485 g/mol. The van der Waals surface area contributed by atoms with Gasteiger partial charge in [0.25, 0.3) is 15.9 Å². The van der Waals surface area contributed by atoms with Gasteiger partial charge in [0.1, 0.15) is 0 Å². The number of para-hydroxylation sites is 2. The molecule has 0 unspecified atom stereocenters. The van der Waals surface area contributed by atoms with Crippen LogP contribution >= 0.6 is 11.6 Å². The Bertz CT molecular complexity index is 1310. The van der Waals surface area contributed by atoms with Crippen molar-refractivity contribution in [2.24, 2.45) is 0 Å². The molecule has 3 aromatic carbocycles. The number of hydrogen-bond acceptors (Lipinski definition) is 5. The quantitative estimate of drug-likeness (QED) is 0.495. The summed E-state index contributed by atoms with van der Waals surface area (Å²) in [6, 6.07) is 19.9. The van der Waals surface area contributed by atoms with Crippen molar-refractivity contribution < 1.29 is 22.7 Å². The van der Waals surface area contributed by atoms with Crippen LogP contribution in [0.4, 0.5) is 11.4 Å². The Morgan fingerprint density at radius 1 is 1.03 bits per heavy atom. The van der Waals surface area contributed by atoms with Crippen molar-refractivity contribution >= 4 is 44.9 Å². The van der Waals surface area contributed by atoms with E-state index in [-0.39, 0.29) is 21.4 Å². The Labute approximate surface area is 197 Å². The first-order chi connectivity index (χ1) is 15.8. The number of amides is 1. The number of carbonyl (C=O) groups is 2. The highest BCUT2D eigenvalue weighted by Gasteiger charge is 2.27. The van der Waals surface area contributed by atoms with Crippen molar-refractivity contribution in [3.63, 3.8) is 0 Å². The summed E-state index contributed by atoms with van der Waals surface area (Å²) in [7, 11) is -2.53. The van der Waals surface area contributed by atoms with Gasteiger partial charge in [0.15, 0.2) is 6.61 Å². The van der Waals surface area contributed by atoms with Crippen molar-refractivity contribution in [2.75, 3.05) is 29.4 Å². The predicted molar refractivity (Wildman–Crippen MR) is 126 cm³/mol. The Morgan fingerprint density at radius 2 is 1.73 bits per heavy atom. The first kappa shape index (κ1) is 22.8. The lowest BCUT2D eigenvalue weighted by molar-refractivity contribution is -0.121. The van der Waals surface area contributed by atoms with Crippen LogP contribution in [0.5, 0.6) is 0 Å². The molecule has 4 rings (SSSR count). The summed E-state index contributed by atoms with van der Waals surface area (Å²) in [4.78, 5) is 26.7. The minimum atomic E-state index is -3.95. The molecule has 9 heteroatoms. The molecule has 7 nitrogen and oxygen atoms in total. The van der Waals surface area contributed by atoms with Gasteiger partial charge < -0.3 is 9.64 Å². The molecule has 0 aliphatic carbocycles. The molecule has 0 saturated carbocycles. The third-order valence-corrected chi connectivity index (χ3v) is 7.56. The lowest BCUT2D eigenvalue weighted by Gasteiger charge is -2.20. The van der Waals surface area contributed by atoms with Gasteiger partial charge in [0, 0.05) is 19.3 Å². The lowest BCUT2D eigenvalue weighted by Crippen LogP contribution is -2.33. The van der Waals surface area contributed by atoms with E-state index in [9.17, 15) is 18.0 Å². The van der Waals surface area contributed by atoms with Gasteiger partial charge in [0.05, 0.1) is 21.2 Å². The van der Waals surface area contributed by atoms with Crippen molar-refractivity contribution in [3.8, 4) is 0 Å². The van der Waals surface area contributed by atoms with Gasteiger partial charge in [-0.2, -0.15) is 0 Å². The normalized spacial score (nSPS) is 12.8. The Morgan fingerprint density at radius 3 is 2.48 bits per heavy atom. The summed E-state index contributed by atoms with van der Waals surface area (Å²) in [6.45, 7) is 0.0282. The van der Waals surface area contributed by atoms with Gasteiger partial charge in [0.2, 0.25) is 0 Å². The first-order valence-electron chi connectivity index (χ1n) is 10.2. The number of anilines is 2. The monoisotopic (exact) mass is 484 g/mol. The molecule has 0 bridgehead atoms. The first-order valence-corrected chi connectivity index (χ1v) is 12.0. The van der Waals surface area contributed by atoms with E-state index < -0.39 is 22.6 Å². The summed E-state index contributed by atoms with van der Waals surface area (Å²) in [5.41, 5.74) is 2.19. The summed E-state index contributed by atoms with van der Waals surface area (Å²) >= 11 is 6.14. The Balaban J connectivity index is 1.50. The van der Waals surface area contributed by atoms with Crippen LogP contribution in [0, 0.1) is 0 Å². The van der Waals surface area contributed by atoms with Crippen LogP contribution in [0.1, 0.15) is 15.9 Å². The van der Waals surface area contributed by atoms with Crippen molar-refractivity contribution in [3.05, 3.63) is 88.9 Å². The average Bonchev–Trinajstić information content (AvgIpc) is 3.27. The molecule has 3 aromatic rings. The van der Waals surface area contributed by atoms with Crippen LogP contribution in [-0.4, -0.2) is 40.5 Å². The maximum absolute atomic E-state index is 13.0. The number of sulfonamides is 1. The van der Waals surface area contributed by atoms with Crippen molar-refractivity contribution in [2.45, 2.75) is 11.3 Å². The molecular formula is C24H21ClN2O5S. The number of rotatable bonds is 6. The van der Waals surface area contributed by atoms with Gasteiger partial charge >= 0.3 is 5.97 Å². The molecule has 1 aliphatic rings. The largest absolute Gasteiger partial charge is 0.452 e. The molecule has 0 spiro atoms. The highest BCUT2D eigenvalue weighted by Crippen LogP contribution is 2.28. The third kappa shape index (κ3) is 4.58. The van der Waals surface area contributed by atoms with Crippen molar-refractivity contribution in [1.29, 1.82) is 0 Å². The third-order valence-electron chi connectivity index (χ3n) is 5.45.